The number of hydrogen-bond donors (Lipinski definition) is 0. The van der Waals surface area contributed by atoms with Crippen LogP contribution in [0.25, 0.3) is 0 Å². The summed E-state index contributed by atoms with van der Waals surface area (Å²) in [5.41, 5.74) is -0.0776. The van der Waals surface area contributed by atoms with E-state index in [1.54, 1.807) is 0 Å². The van der Waals surface area contributed by atoms with E-state index in [2.05, 4.69) is 114 Å². The van der Waals surface area contributed by atoms with Gasteiger partial charge in [-0.05, 0) is 0 Å². The summed E-state index contributed by atoms with van der Waals surface area (Å²) in [6.07, 6.45) is 0. The zero-order valence-electron chi connectivity index (χ0n) is 23.2. The van der Waals surface area contributed by atoms with Gasteiger partial charge in [-0.1, -0.05) is 0 Å². The molecule has 0 fully saturated rings. The van der Waals surface area contributed by atoms with Crippen LogP contribution in [0.5, 0.6) is 0 Å². The maximum absolute atomic E-state index is 6.70. The molecule has 0 radical (unpaired) electrons. The second kappa shape index (κ2) is 8.72. The van der Waals surface area contributed by atoms with Gasteiger partial charge in [-0.3, -0.25) is 0 Å². The van der Waals surface area contributed by atoms with Crippen molar-refractivity contribution in [3.8, 4) is 0 Å². The first-order valence-corrected chi connectivity index (χ1v) is 18.1. The van der Waals surface area contributed by atoms with E-state index in [0.29, 0.717) is 0 Å². The van der Waals surface area contributed by atoms with E-state index >= 15 is 0 Å². The Bertz CT molecular complexity index is 451. The zero-order chi connectivity index (χ0) is 22.3. The summed E-state index contributed by atoms with van der Waals surface area (Å²) >= 11 is -1.14. The van der Waals surface area contributed by atoms with E-state index in [1.165, 1.54) is 0 Å². The molecule has 0 saturated carbocycles. The van der Waals surface area contributed by atoms with Crippen LogP contribution < -0.4 is 0 Å². The molecule has 166 valence electrons. The number of rotatable bonds is 6. The van der Waals surface area contributed by atoms with Gasteiger partial charge >= 0.3 is 186 Å². The van der Waals surface area contributed by atoms with Crippen LogP contribution in [0.15, 0.2) is 0 Å². The second-order valence-electron chi connectivity index (χ2n) is 12.4. The Morgan fingerprint density at radius 2 is 0.778 bits per heavy atom. The SMILES string of the molecule is CC(C)(C)O[Si](C)(C)[N]([Zr][N](C(C)(C)C)[Si](C)(C)OC(C)(C)C)C(C)(C)C.[H-].[H-]. The Balaban J connectivity index is -0.00000338. The van der Waals surface area contributed by atoms with Gasteiger partial charge in [-0.25, -0.2) is 0 Å². The van der Waals surface area contributed by atoms with Crippen LogP contribution >= 0.6 is 0 Å². The van der Waals surface area contributed by atoms with Crippen molar-refractivity contribution in [2.24, 2.45) is 0 Å². The van der Waals surface area contributed by atoms with Crippen molar-refractivity contribution >= 4 is 17.0 Å². The second-order valence-corrected chi connectivity index (χ2v) is 24.4. The molecular weight excluding hydrogens is 448 g/mol. The van der Waals surface area contributed by atoms with Crippen molar-refractivity contribution in [1.82, 2.24) is 5.02 Å². The van der Waals surface area contributed by atoms with Crippen LogP contribution in [-0.2, 0) is 32.7 Å². The molecule has 0 N–H and O–H groups in total. The van der Waals surface area contributed by atoms with Gasteiger partial charge in [0.15, 0.2) is 0 Å². The van der Waals surface area contributed by atoms with Crippen molar-refractivity contribution in [1.29, 1.82) is 0 Å². The molecule has 0 saturated heterocycles. The third kappa shape index (κ3) is 10.1. The van der Waals surface area contributed by atoms with Crippen molar-refractivity contribution in [2.45, 2.75) is 132 Å². The van der Waals surface area contributed by atoms with Crippen LogP contribution in [0.1, 0.15) is 85.9 Å². The molecule has 0 aliphatic heterocycles. The minimum Gasteiger partial charge on any atom is -1.00 e. The van der Waals surface area contributed by atoms with Gasteiger partial charge in [0, 0.05) is 0 Å². The van der Waals surface area contributed by atoms with Crippen LogP contribution in [0.2, 0.25) is 26.2 Å². The van der Waals surface area contributed by atoms with Crippen LogP contribution in [0.3, 0.4) is 0 Å². The molecule has 7 heteroatoms. The summed E-state index contributed by atoms with van der Waals surface area (Å²) in [6, 6.07) is 0. The molecule has 0 aromatic carbocycles. The molecule has 0 unspecified atom stereocenters. The van der Waals surface area contributed by atoms with Gasteiger partial charge in [-0.2, -0.15) is 0 Å². The summed E-state index contributed by atoms with van der Waals surface area (Å²) < 4.78 is 18.9. The normalized spacial score (nSPS) is 15.6. The molecule has 4 nitrogen and oxygen atoms in total. The third-order valence-corrected chi connectivity index (χ3v) is 22.9. The van der Waals surface area contributed by atoms with E-state index in [-0.39, 0.29) is 25.1 Å². The molecule has 0 rings (SSSR count). The molecular formula is C20H50N2O2Si2Zr-2. The Kier molecular flexibility index (Phi) is 9.09. The summed E-state index contributed by atoms with van der Waals surface area (Å²) in [5.74, 6) is 0. The van der Waals surface area contributed by atoms with Crippen molar-refractivity contribution in [3.63, 3.8) is 0 Å². The summed E-state index contributed by atoms with van der Waals surface area (Å²) in [4.78, 5) is 0. The summed E-state index contributed by atoms with van der Waals surface area (Å²) in [6.45, 7) is 36.6. The van der Waals surface area contributed by atoms with Gasteiger partial charge in [0.05, 0.1) is 0 Å². The largest absolute Gasteiger partial charge is 1.00 e. The molecule has 0 spiro atoms. The minimum absolute atomic E-state index is 0. The van der Waals surface area contributed by atoms with E-state index in [0.717, 1.165) is 0 Å². The average molecular weight is 498 g/mol. The fourth-order valence-corrected chi connectivity index (χ4v) is 18.7. The smallest absolute Gasteiger partial charge is 1.00 e. The number of hydrogen-bond acceptors (Lipinski definition) is 4. The number of nitrogens with zero attached hydrogens (tertiary/aromatic N) is 2. The van der Waals surface area contributed by atoms with Gasteiger partial charge in [0.25, 0.3) is 0 Å². The van der Waals surface area contributed by atoms with E-state index < -0.39 is 40.8 Å². The molecule has 27 heavy (non-hydrogen) atoms. The Morgan fingerprint density at radius 3 is 0.926 bits per heavy atom. The first-order chi connectivity index (χ1) is 11.4. The Labute approximate surface area is 188 Å². The van der Waals surface area contributed by atoms with Crippen molar-refractivity contribution < 1.29 is 35.5 Å². The Hall–Kier alpha value is 1.16. The summed E-state index contributed by atoms with van der Waals surface area (Å²) in [5, 5.41) is 0. The van der Waals surface area contributed by atoms with E-state index in [4.69, 9.17) is 8.85 Å². The molecule has 0 amide bonds. The van der Waals surface area contributed by atoms with Gasteiger partial charge < -0.3 is 2.85 Å². The molecule has 0 aromatic rings. The monoisotopic (exact) mass is 496 g/mol. The molecule has 0 heterocycles. The topological polar surface area (TPSA) is 24.9 Å². The van der Waals surface area contributed by atoms with Gasteiger partial charge in [-0.15, -0.1) is 0 Å². The molecule has 0 aliphatic rings. The molecule has 0 atom stereocenters. The molecule has 0 aliphatic carbocycles. The molecule has 0 aromatic heterocycles. The maximum atomic E-state index is 6.70. The zero-order valence-corrected chi connectivity index (χ0v) is 25.7. The standard InChI is InChI=1S/2C10H24NOSi.Zr.2H/c2*1-9(2,3)11-13(7,8)12-10(4,5)6;;;/h2*1-8H3;;;/q2*-1;+2;2*-1. The van der Waals surface area contributed by atoms with E-state index in [1.807, 2.05) is 0 Å². The minimum atomic E-state index is -2.05. The predicted molar refractivity (Wildman–Crippen MR) is 122 cm³/mol. The maximum Gasteiger partial charge on any atom is -1.00 e. The third-order valence-electron chi connectivity index (χ3n) is 3.73. The Morgan fingerprint density at radius 1 is 0.556 bits per heavy atom. The van der Waals surface area contributed by atoms with E-state index in [9.17, 15) is 0 Å². The molecule has 0 bridgehead atoms. The first kappa shape index (κ1) is 28.2. The van der Waals surface area contributed by atoms with Gasteiger partial charge in [0.1, 0.15) is 0 Å². The fourth-order valence-electron chi connectivity index (χ4n) is 3.85. The first-order valence-electron chi connectivity index (χ1n) is 10.2. The van der Waals surface area contributed by atoms with Crippen LogP contribution in [0, 0.1) is 0 Å². The van der Waals surface area contributed by atoms with Crippen molar-refractivity contribution in [2.75, 3.05) is 0 Å². The van der Waals surface area contributed by atoms with Crippen LogP contribution in [-0.4, -0.2) is 44.3 Å². The quantitative estimate of drug-likeness (QED) is 0.399. The van der Waals surface area contributed by atoms with Gasteiger partial charge in [0.2, 0.25) is 0 Å². The van der Waals surface area contributed by atoms with Crippen LogP contribution in [0.4, 0.5) is 0 Å². The average Bonchev–Trinajstić information content (AvgIpc) is 2.15. The fraction of sp³-hybridized carbons (Fsp3) is 1.00. The van der Waals surface area contributed by atoms with Crippen molar-refractivity contribution in [3.05, 3.63) is 0 Å². The predicted octanol–water partition coefficient (Wildman–Crippen LogP) is 6.36. The summed E-state index contributed by atoms with van der Waals surface area (Å²) in [7, 11) is -4.10.